The molecule has 1 amide bonds. The first-order valence-electron chi connectivity index (χ1n) is 10.6. The van der Waals surface area contributed by atoms with Crippen LogP contribution in [0.15, 0.2) is 64.9 Å². The van der Waals surface area contributed by atoms with Gasteiger partial charge in [0, 0.05) is 4.91 Å². The van der Waals surface area contributed by atoms with E-state index < -0.39 is 21.5 Å². The summed E-state index contributed by atoms with van der Waals surface area (Å²) in [5.41, 5.74) is 1.25. The van der Waals surface area contributed by atoms with Gasteiger partial charge in [-0.15, -0.1) is 0 Å². The molecule has 2 rings (SSSR count). The number of carbonyl (C=O) groups is 1. The summed E-state index contributed by atoms with van der Waals surface area (Å²) in [6.07, 6.45) is 0.249. The van der Waals surface area contributed by atoms with Crippen molar-refractivity contribution in [1.29, 1.82) is 0 Å². The van der Waals surface area contributed by atoms with Gasteiger partial charge >= 0.3 is 6.09 Å². The lowest BCUT2D eigenvalue weighted by molar-refractivity contribution is 0.0493. The largest absolute Gasteiger partial charge is 0.491 e. The molecule has 2 aromatic carbocycles. The molecular formula is C25H33NO5S. The Labute approximate surface area is 191 Å². The predicted octanol–water partition coefficient (Wildman–Crippen LogP) is 5.21. The summed E-state index contributed by atoms with van der Waals surface area (Å²) >= 11 is 0. The number of allylic oxidation sites excluding steroid dienone is 1. The summed E-state index contributed by atoms with van der Waals surface area (Å²) in [5.74, 6) is 0.690. The minimum absolute atomic E-state index is 0.163. The molecule has 32 heavy (non-hydrogen) atoms. The Balaban J connectivity index is 2.02. The predicted molar refractivity (Wildman–Crippen MR) is 127 cm³/mol. The van der Waals surface area contributed by atoms with Crippen LogP contribution in [0.4, 0.5) is 4.79 Å². The van der Waals surface area contributed by atoms with Gasteiger partial charge in [-0.3, -0.25) is 0 Å². The Morgan fingerprint density at radius 3 is 2.38 bits per heavy atom. The van der Waals surface area contributed by atoms with E-state index in [-0.39, 0.29) is 28.9 Å². The van der Waals surface area contributed by atoms with Gasteiger partial charge in [-0.1, -0.05) is 43.0 Å². The van der Waals surface area contributed by atoms with Gasteiger partial charge < -0.3 is 14.8 Å². The van der Waals surface area contributed by atoms with Crippen molar-refractivity contribution in [3.8, 4) is 5.75 Å². The maximum absolute atomic E-state index is 12.7. The lowest BCUT2D eigenvalue weighted by Crippen LogP contribution is -2.40. The van der Waals surface area contributed by atoms with E-state index >= 15 is 0 Å². The second-order valence-corrected chi connectivity index (χ2v) is 10.8. The number of rotatable bonds is 9. The average Bonchev–Trinajstić information content (AvgIpc) is 2.70. The molecule has 0 aromatic heterocycles. The summed E-state index contributed by atoms with van der Waals surface area (Å²) in [5, 5.41) is 2.75. The van der Waals surface area contributed by atoms with Gasteiger partial charge in [-0.2, -0.15) is 0 Å². The van der Waals surface area contributed by atoms with Crippen LogP contribution in [0.1, 0.15) is 45.2 Å². The zero-order chi connectivity index (χ0) is 23.9. The van der Waals surface area contributed by atoms with E-state index in [1.165, 1.54) is 0 Å². The van der Waals surface area contributed by atoms with Crippen molar-refractivity contribution in [1.82, 2.24) is 5.32 Å². The molecule has 0 saturated heterocycles. The highest BCUT2D eigenvalue weighted by atomic mass is 32.2. The Kier molecular flexibility index (Phi) is 8.50. The minimum atomic E-state index is -3.58. The smallest absolute Gasteiger partial charge is 0.407 e. The number of aryl methyl sites for hydroxylation is 2. The highest BCUT2D eigenvalue weighted by molar-refractivity contribution is 7.95. The zero-order valence-electron chi connectivity index (χ0n) is 19.5. The van der Waals surface area contributed by atoms with Crippen LogP contribution in [-0.2, 0) is 21.0 Å². The van der Waals surface area contributed by atoms with Crippen molar-refractivity contribution in [3.63, 3.8) is 0 Å². The Morgan fingerprint density at radius 1 is 1.09 bits per heavy atom. The van der Waals surface area contributed by atoms with Crippen LogP contribution in [0, 0.1) is 6.92 Å². The fourth-order valence-electron chi connectivity index (χ4n) is 3.05. The highest BCUT2D eigenvalue weighted by Gasteiger charge is 2.20. The lowest BCUT2D eigenvalue weighted by atomic mass is 10.0. The quantitative estimate of drug-likeness (QED) is 0.557. The number of benzene rings is 2. The third kappa shape index (κ3) is 7.41. The summed E-state index contributed by atoms with van der Waals surface area (Å²) in [4.78, 5) is 12.4. The topological polar surface area (TPSA) is 81.7 Å². The van der Waals surface area contributed by atoms with E-state index in [0.717, 1.165) is 11.1 Å². The van der Waals surface area contributed by atoms with Crippen LogP contribution in [0.2, 0.25) is 0 Å². The fourth-order valence-corrected chi connectivity index (χ4v) is 4.27. The number of nitrogens with one attached hydrogen (secondary N) is 1. The molecule has 6 nitrogen and oxygen atoms in total. The van der Waals surface area contributed by atoms with E-state index in [4.69, 9.17) is 9.47 Å². The van der Waals surface area contributed by atoms with Crippen LogP contribution in [0.25, 0.3) is 0 Å². The summed E-state index contributed by atoms with van der Waals surface area (Å²) in [6, 6.07) is 13.8. The van der Waals surface area contributed by atoms with Gasteiger partial charge in [0.2, 0.25) is 9.84 Å². The Bertz CT molecular complexity index is 1040. The van der Waals surface area contributed by atoms with Crippen LogP contribution < -0.4 is 10.1 Å². The molecule has 0 spiro atoms. The molecule has 2 aromatic rings. The molecule has 0 aliphatic rings. The van der Waals surface area contributed by atoms with E-state index in [1.807, 2.05) is 32.0 Å². The normalized spacial score (nSPS) is 12.7. The van der Waals surface area contributed by atoms with Crippen molar-refractivity contribution < 1.29 is 22.7 Å². The first-order chi connectivity index (χ1) is 14.9. The molecule has 7 heteroatoms. The SMILES string of the molecule is C=C(CCc1cccc(C)c1OCC(C)NC(=O)OC(C)(C)C)S(=O)(=O)c1ccccc1. The first kappa shape index (κ1) is 25.5. The summed E-state index contributed by atoms with van der Waals surface area (Å²) in [6.45, 7) is 13.2. The van der Waals surface area contributed by atoms with E-state index in [2.05, 4.69) is 11.9 Å². The van der Waals surface area contributed by atoms with Gasteiger partial charge in [-0.25, -0.2) is 13.2 Å². The molecule has 1 atom stereocenters. The van der Waals surface area contributed by atoms with Crippen molar-refractivity contribution in [2.45, 2.75) is 64.0 Å². The Morgan fingerprint density at radius 2 is 1.75 bits per heavy atom. The van der Waals surface area contributed by atoms with Crippen LogP contribution in [0.3, 0.4) is 0 Å². The monoisotopic (exact) mass is 459 g/mol. The van der Waals surface area contributed by atoms with E-state index in [1.54, 1.807) is 51.1 Å². The number of hydrogen-bond donors (Lipinski definition) is 1. The van der Waals surface area contributed by atoms with Gasteiger partial charge in [0.05, 0.1) is 10.9 Å². The van der Waals surface area contributed by atoms with Crippen molar-refractivity contribution >= 4 is 15.9 Å². The standard InChI is InChI=1S/C25H33NO5S/c1-18-11-10-12-21(16-15-20(3)32(28,29)22-13-8-7-9-14-22)23(18)30-17-19(2)26-24(27)31-25(4,5)6/h7-14,19H,3,15-17H2,1-2,4-6H3,(H,26,27). The molecular weight excluding hydrogens is 426 g/mol. The molecule has 0 radical (unpaired) electrons. The van der Waals surface area contributed by atoms with Crippen molar-refractivity contribution in [3.05, 3.63) is 71.1 Å². The minimum Gasteiger partial charge on any atom is -0.491 e. The fraction of sp³-hybridized carbons (Fsp3) is 0.400. The third-order valence-corrected chi connectivity index (χ3v) is 6.50. The van der Waals surface area contributed by atoms with Crippen molar-refractivity contribution in [2.75, 3.05) is 6.61 Å². The van der Waals surface area contributed by atoms with Gasteiger partial charge in [0.1, 0.15) is 18.0 Å². The van der Waals surface area contributed by atoms with Crippen molar-refractivity contribution in [2.24, 2.45) is 0 Å². The second-order valence-electron chi connectivity index (χ2n) is 8.78. The second kappa shape index (κ2) is 10.7. The maximum atomic E-state index is 12.7. The highest BCUT2D eigenvalue weighted by Crippen LogP contribution is 2.28. The third-order valence-electron chi connectivity index (χ3n) is 4.64. The zero-order valence-corrected chi connectivity index (χ0v) is 20.3. The molecule has 174 valence electrons. The van der Waals surface area contributed by atoms with Crippen LogP contribution >= 0.6 is 0 Å². The summed E-state index contributed by atoms with van der Waals surface area (Å²) < 4.78 is 36.8. The summed E-state index contributed by atoms with van der Waals surface area (Å²) in [7, 11) is -3.58. The molecule has 0 bridgehead atoms. The first-order valence-corrected chi connectivity index (χ1v) is 12.1. The number of carbonyl (C=O) groups excluding carboxylic acids is 1. The molecule has 0 aliphatic heterocycles. The van der Waals surface area contributed by atoms with E-state index in [0.29, 0.717) is 12.2 Å². The number of hydrogen-bond acceptors (Lipinski definition) is 5. The van der Waals surface area contributed by atoms with Crippen LogP contribution in [0.5, 0.6) is 5.75 Å². The van der Waals surface area contributed by atoms with Crippen LogP contribution in [-0.4, -0.2) is 32.8 Å². The molecule has 0 saturated carbocycles. The maximum Gasteiger partial charge on any atom is 0.407 e. The number of alkyl carbamates (subject to hydrolysis) is 1. The van der Waals surface area contributed by atoms with Gasteiger partial charge in [-0.05, 0) is 70.7 Å². The Hall–Kier alpha value is -2.80. The van der Waals surface area contributed by atoms with E-state index in [9.17, 15) is 13.2 Å². The number of para-hydroxylation sites is 1. The lowest BCUT2D eigenvalue weighted by Gasteiger charge is -2.22. The molecule has 1 N–H and O–H groups in total. The number of sulfone groups is 1. The average molecular weight is 460 g/mol. The molecule has 0 fully saturated rings. The van der Waals surface area contributed by atoms with Gasteiger partial charge in [0.25, 0.3) is 0 Å². The molecule has 0 heterocycles. The molecule has 0 aliphatic carbocycles. The molecule has 1 unspecified atom stereocenters. The number of ether oxygens (including phenoxy) is 2. The van der Waals surface area contributed by atoms with Gasteiger partial charge in [0.15, 0.2) is 0 Å². The number of amides is 1.